The van der Waals surface area contributed by atoms with E-state index in [-0.39, 0.29) is 11.5 Å². The van der Waals surface area contributed by atoms with Crippen molar-refractivity contribution in [1.82, 2.24) is 4.57 Å². The molecule has 102 valence electrons. The van der Waals surface area contributed by atoms with Crippen LogP contribution in [0.4, 0.5) is 0 Å². The lowest BCUT2D eigenvalue weighted by Gasteiger charge is -2.01. The summed E-state index contributed by atoms with van der Waals surface area (Å²) >= 11 is 5.57. The molecule has 0 bridgehead atoms. The van der Waals surface area contributed by atoms with Gasteiger partial charge in [0, 0.05) is 24.4 Å². The van der Waals surface area contributed by atoms with Crippen molar-refractivity contribution in [3.8, 4) is 0 Å². The third-order valence-electron chi connectivity index (χ3n) is 2.97. The molecule has 0 saturated heterocycles. The smallest absolute Gasteiger partial charge is 0.408 e. The monoisotopic (exact) mass is 281 g/mol. The number of ketones is 1. The maximum Gasteiger partial charge on any atom is 0.419 e. The zero-order valence-corrected chi connectivity index (χ0v) is 11.6. The van der Waals surface area contributed by atoms with Crippen LogP contribution in [0, 0.1) is 0 Å². The number of hydrogen-bond donors (Lipinski definition) is 0. The van der Waals surface area contributed by atoms with Gasteiger partial charge in [-0.15, -0.1) is 11.6 Å². The Hall–Kier alpha value is -1.55. The van der Waals surface area contributed by atoms with Crippen molar-refractivity contribution < 1.29 is 9.21 Å². The van der Waals surface area contributed by atoms with Gasteiger partial charge in [-0.25, -0.2) is 4.79 Å². The number of alkyl halides is 1. The van der Waals surface area contributed by atoms with Crippen molar-refractivity contribution in [2.45, 2.75) is 32.7 Å². The van der Waals surface area contributed by atoms with Crippen molar-refractivity contribution in [2.24, 2.45) is 0 Å². The fourth-order valence-electron chi connectivity index (χ4n) is 2.05. The van der Waals surface area contributed by atoms with Crippen molar-refractivity contribution in [3.63, 3.8) is 0 Å². The molecular weight excluding hydrogens is 266 g/mol. The average Bonchev–Trinajstić information content (AvgIpc) is 2.72. The van der Waals surface area contributed by atoms with Crippen LogP contribution in [-0.2, 0) is 6.54 Å². The van der Waals surface area contributed by atoms with E-state index in [0.29, 0.717) is 36.4 Å². The first kappa shape index (κ1) is 13.9. The second kappa shape index (κ2) is 6.06. The van der Waals surface area contributed by atoms with E-state index in [1.165, 1.54) is 0 Å². The molecule has 0 amide bonds. The lowest BCUT2D eigenvalue weighted by atomic mass is 10.1. The van der Waals surface area contributed by atoms with E-state index in [1.54, 1.807) is 22.8 Å². The number of nitrogens with zero attached hydrogens (tertiary/aromatic N) is 1. The number of carbonyl (C=O) groups is 1. The van der Waals surface area contributed by atoms with Gasteiger partial charge in [0.05, 0.1) is 5.52 Å². The topological polar surface area (TPSA) is 52.2 Å². The van der Waals surface area contributed by atoms with Crippen molar-refractivity contribution in [2.75, 3.05) is 5.88 Å². The van der Waals surface area contributed by atoms with E-state index < -0.39 is 0 Å². The Kier molecular flexibility index (Phi) is 4.43. The maximum atomic E-state index is 11.9. The van der Waals surface area contributed by atoms with E-state index in [2.05, 4.69) is 0 Å². The van der Waals surface area contributed by atoms with Gasteiger partial charge >= 0.3 is 5.76 Å². The van der Waals surface area contributed by atoms with Crippen LogP contribution in [0.2, 0.25) is 0 Å². The highest BCUT2D eigenvalue weighted by atomic mass is 35.5. The second-order valence-corrected chi connectivity index (χ2v) is 4.80. The Morgan fingerprint density at radius 2 is 2.21 bits per heavy atom. The zero-order chi connectivity index (χ0) is 13.8. The number of benzene rings is 1. The van der Waals surface area contributed by atoms with Crippen LogP contribution in [0.5, 0.6) is 0 Å². The Morgan fingerprint density at radius 3 is 2.89 bits per heavy atom. The number of Topliss-reactive ketones (excluding diaryl/α,β-unsaturated/α-hetero) is 1. The number of oxazole rings is 1. The van der Waals surface area contributed by atoms with Gasteiger partial charge in [-0.1, -0.05) is 6.92 Å². The molecule has 0 spiro atoms. The SMILES string of the molecule is CCCn1c(=O)oc2cc(C(=O)CCCCl)ccc21. The average molecular weight is 282 g/mol. The first-order valence-corrected chi connectivity index (χ1v) is 6.93. The highest BCUT2D eigenvalue weighted by Crippen LogP contribution is 2.17. The summed E-state index contributed by atoms with van der Waals surface area (Å²) < 4.78 is 6.76. The van der Waals surface area contributed by atoms with Crippen LogP contribution in [0.3, 0.4) is 0 Å². The lowest BCUT2D eigenvalue weighted by molar-refractivity contribution is 0.0982. The second-order valence-electron chi connectivity index (χ2n) is 4.42. The van der Waals surface area contributed by atoms with Crippen LogP contribution in [0.25, 0.3) is 11.1 Å². The molecule has 0 aliphatic rings. The van der Waals surface area contributed by atoms with E-state index in [0.717, 1.165) is 11.9 Å². The number of carbonyl (C=O) groups excluding carboxylic acids is 1. The quantitative estimate of drug-likeness (QED) is 0.603. The van der Waals surface area contributed by atoms with Gasteiger partial charge in [-0.05, 0) is 31.0 Å². The van der Waals surface area contributed by atoms with Gasteiger partial charge < -0.3 is 4.42 Å². The maximum absolute atomic E-state index is 11.9. The number of aromatic nitrogens is 1. The molecule has 0 fully saturated rings. The summed E-state index contributed by atoms with van der Waals surface area (Å²) in [6, 6.07) is 5.14. The number of rotatable bonds is 6. The summed E-state index contributed by atoms with van der Waals surface area (Å²) in [6.45, 7) is 2.61. The molecular formula is C14H16ClNO3. The lowest BCUT2D eigenvalue weighted by Crippen LogP contribution is -2.13. The molecule has 0 aliphatic heterocycles. The van der Waals surface area contributed by atoms with Gasteiger partial charge in [0.25, 0.3) is 0 Å². The molecule has 5 heteroatoms. The van der Waals surface area contributed by atoms with Gasteiger partial charge in [0.1, 0.15) is 0 Å². The van der Waals surface area contributed by atoms with Crippen LogP contribution >= 0.6 is 11.6 Å². The molecule has 1 heterocycles. The standard InChI is InChI=1S/C14H16ClNO3/c1-2-8-16-11-6-5-10(12(17)4-3-7-15)9-13(11)19-14(16)18/h5-6,9H,2-4,7-8H2,1H3. The van der Waals surface area contributed by atoms with Gasteiger partial charge in [0.2, 0.25) is 0 Å². The molecule has 0 atom stereocenters. The fourth-order valence-corrected chi connectivity index (χ4v) is 2.18. The Labute approximate surface area is 116 Å². The Bertz CT molecular complexity index is 642. The van der Waals surface area contributed by atoms with Gasteiger partial charge in [-0.3, -0.25) is 9.36 Å². The third kappa shape index (κ3) is 2.89. The van der Waals surface area contributed by atoms with Crippen molar-refractivity contribution >= 4 is 28.5 Å². The normalized spacial score (nSPS) is 11.1. The predicted octanol–water partition coefficient (Wildman–Crippen LogP) is 3.21. The summed E-state index contributed by atoms with van der Waals surface area (Å²) in [5.41, 5.74) is 1.77. The first-order valence-electron chi connectivity index (χ1n) is 6.40. The highest BCUT2D eigenvalue weighted by Gasteiger charge is 2.12. The summed E-state index contributed by atoms with van der Waals surface area (Å²) in [7, 11) is 0. The minimum atomic E-state index is -0.373. The molecule has 0 aliphatic carbocycles. The third-order valence-corrected chi connectivity index (χ3v) is 3.24. The summed E-state index contributed by atoms with van der Waals surface area (Å²) in [6.07, 6.45) is 1.92. The molecule has 2 rings (SSSR count). The summed E-state index contributed by atoms with van der Waals surface area (Å²) in [5, 5.41) is 0. The molecule has 4 nitrogen and oxygen atoms in total. The van der Waals surface area contributed by atoms with Crippen LogP contribution in [0.15, 0.2) is 27.4 Å². The largest absolute Gasteiger partial charge is 0.419 e. The zero-order valence-electron chi connectivity index (χ0n) is 10.8. The minimum Gasteiger partial charge on any atom is -0.408 e. The Balaban J connectivity index is 2.36. The van der Waals surface area contributed by atoms with E-state index in [9.17, 15) is 9.59 Å². The first-order chi connectivity index (χ1) is 9.17. The van der Waals surface area contributed by atoms with Crippen molar-refractivity contribution in [1.29, 1.82) is 0 Å². The Morgan fingerprint density at radius 1 is 1.42 bits per heavy atom. The summed E-state index contributed by atoms with van der Waals surface area (Å²) in [5.74, 6) is 0.117. The number of hydrogen-bond acceptors (Lipinski definition) is 3. The highest BCUT2D eigenvalue weighted by molar-refractivity contribution is 6.18. The predicted molar refractivity (Wildman–Crippen MR) is 75.0 cm³/mol. The van der Waals surface area contributed by atoms with Gasteiger partial charge in [-0.2, -0.15) is 0 Å². The molecule has 1 aromatic carbocycles. The summed E-state index contributed by atoms with van der Waals surface area (Å²) in [4.78, 5) is 23.6. The van der Waals surface area contributed by atoms with Crippen LogP contribution in [0.1, 0.15) is 36.5 Å². The minimum absolute atomic E-state index is 0.0217. The molecule has 2 aromatic rings. The number of aryl methyl sites for hydroxylation is 1. The molecule has 1 aromatic heterocycles. The molecule has 0 saturated carbocycles. The molecule has 19 heavy (non-hydrogen) atoms. The molecule has 0 radical (unpaired) electrons. The number of fused-ring (bicyclic) bond motifs is 1. The number of halogens is 1. The molecule has 0 N–H and O–H groups in total. The molecule has 0 unspecified atom stereocenters. The van der Waals surface area contributed by atoms with Gasteiger partial charge in [0.15, 0.2) is 11.4 Å². The van der Waals surface area contributed by atoms with Crippen LogP contribution in [-0.4, -0.2) is 16.2 Å². The van der Waals surface area contributed by atoms with E-state index in [4.69, 9.17) is 16.0 Å². The van der Waals surface area contributed by atoms with Crippen molar-refractivity contribution in [3.05, 3.63) is 34.3 Å². The van der Waals surface area contributed by atoms with Crippen LogP contribution < -0.4 is 5.76 Å². The van der Waals surface area contributed by atoms with E-state index >= 15 is 0 Å². The van der Waals surface area contributed by atoms with E-state index in [1.807, 2.05) is 6.92 Å². The fraction of sp³-hybridized carbons (Fsp3) is 0.429.